The molecule has 0 aromatic carbocycles. The van der Waals surface area contributed by atoms with Crippen LogP contribution >= 0.6 is 0 Å². The van der Waals surface area contributed by atoms with E-state index < -0.39 is 9.05 Å². The van der Waals surface area contributed by atoms with Crippen molar-refractivity contribution in [2.75, 3.05) is 0 Å². The second-order valence-corrected chi connectivity index (χ2v) is 1.80. The van der Waals surface area contributed by atoms with Gasteiger partial charge in [0.25, 0.3) is 0 Å². The summed E-state index contributed by atoms with van der Waals surface area (Å²) in [4.78, 5) is 29.3. The summed E-state index contributed by atoms with van der Waals surface area (Å²) >= 11 is 0. The molecule has 4 nitrogen and oxygen atoms in total. The van der Waals surface area contributed by atoms with Gasteiger partial charge in [0.05, 0.1) is 0 Å². The van der Waals surface area contributed by atoms with Crippen LogP contribution in [0.4, 0.5) is 0 Å². The smallest absolute Gasteiger partial charge is 0.368 e. The van der Waals surface area contributed by atoms with Crippen molar-refractivity contribution in [3.05, 3.63) is 0 Å². The Morgan fingerprint density at radius 1 is 0.857 bits per heavy atom. The Hall–Kier alpha value is 2.08. The minimum atomic E-state index is -4.61. The van der Waals surface area contributed by atoms with Crippen LogP contribution in [0.2, 0.25) is 0 Å². The van der Waals surface area contributed by atoms with E-state index in [0.29, 0.717) is 0 Å². The van der Waals surface area contributed by atoms with Gasteiger partial charge in [-0.05, 0) is 0 Å². The van der Waals surface area contributed by atoms with E-state index in [1.165, 1.54) is 0 Å². The Bertz CT molecular complexity index is 27.2. The molecule has 0 aliphatic carbocycles. The zero-order chi connectivity index (χ0) is 4.50. The van der Waals surface area contributed by atoms with Gasteiger partial charge in [-0.3, -0.25) is 0 Å². The van der Waals surface area contributed by atoms with E-state index in [4.69, 9.17) is 19.2 Å². The predicted octanol–water partition coefficient (Wildman–Crippen LogP) is -2.61. The first kappa shape index (κ1) is 16.0. The first-order valence-corrected chi connectivity index (χ1v) is 2.68. The first-order chi connectivity index (χ1) is 2.00. The van der Waals surface area contributed by atoms with Crippen molar-refractivity contribution in [3.8, 4) is 0 Å². The maximum absolute atomic E-state index is 7.33. The number of hydrogen-bond acceptors (Lipinski definition) is 4. The number of rotatable bonds is 0. The summed E-state index contributed by atoms with van der Waals surface area (Å²) in [5.74, 6) is 0. The van der Waals surface area contributed by atoms with Crippen LogP contribution in [0.25, 0.3) is 0 Å². The van der Waals surface area contributed by atoms with Gasteiger partial charge >= 0.3 is 9.05 Å². The van der Waals surface area contributed by atoms with Crippen LogP contribution in [0.15, 0.2) is 0 Å². The summed E-state index contributed by atoms with van der Waals surface area (Å²) in [7, 11) is -4.61. The largest absolute Gasteiger partial charge is 0.668 e. The first-order valence-electron chi connectivity index (χ1n) is 0.894. The number of hydrogen-bond donors (Lipinski definition) is 4. The SMILES string of the molecule is O[Si](O)(O)O.[Cd].[Y]. The Morgan fingerprint density at radius 2 is 0.857 bits per heavy atom. The van der Waals surface area contributed by atoms with Crippen molar-refractivity contribution in [2.24, 2.45) is 0 Å². The molecular weight excluding hydrogens is 293 g/mol. The maximum Gasteiger partial charge on any atom is 0.668 e. The van der Waals surface area contributed by atoms with Gasteiger partial charge in [-0.1, -0.05) is 0 Å². The molecule has 4 N–H and O–H groups in total. The summed E-state index contributed by atoms with van der Waals surface area (Å²) in [6.07, 6.45) is 0. The molecule has 0 rings (SSSR count). The topological polar surface area (TPSA) is 80.9 Å². The fourth-order valence-corrected chi connectivity index (χ4v) is 0. The summed E-state index contributed by atoms with van der Waals surface area (Å²) in [6.45, 7) is 0. The zero-order valence-corrected chi connectivity index (χ0v) is 11.4. The Kier molecular flexibility index (Phi) is 14.2. The Balaban J connectivity index is -0.0000000800. The average molecular weight is 297 g/mol. The second-order valence-electron chi connectivity index (χ2n) is 0.600. The molecular formula is H4CdO4SiY. The minimum absolute atomic E-state index is 0. The third kappa shape index (κ3) is 68.9. The molecule has 0 aliphatic rings. The van der Waals surface area contributed by atoms with Crippen LogP contribution in [-0.4, -0.2) is 28.2 Å². The summed E-state index contributed by atoms with van der Waals surface area (Å²) in [6, 6.07) is 0. The molecule has 0 aliphatic heterocycles. The van der Waals surface area contributed by atoms with Gasteiger partial charge in [-0.2, -0.15) is 0 Å². The molecule has 0 aromatic heterocycles. The normalized spacial score (nSPS) is 8.57. The van der Waals surface area contributed by atoms with E-state index >= 15 is 0 Å². The molecule has 0 bridgehead atoms. The molecule has 0 saturated heterocycles. The molecule has 0 heterocycles. The second kappa shape index (κ2) is 6.21. The van der Waals surface area contributed by atoms with E-state index in [2.05, 4.69) is 0 Å². The molecule has 37 valence electrons. The van der Waals surface area contributed by atoms with Gasteiger partial charge in [-0.15, -0.1) is 0 Å². The van der Waals surface area contributed by atoms with Gasteiger partial charge in [0.1, 0.15) is 0 Å². The van der Waals surface area contributed by atoms with Crippen LogP contribution in [0.1, 0.15) is 0 Å². The maximum atomic E-state index is 7.33. The van der Waals surface area contributed by atoms with Crippen LogP contribution in [-0.2, 0) is 60.0 Å². The van der Waals surface area contributed by atoms with Crippen LogP contribution in [0.5, 0.6) is 0 Å². The third-order valence-electron chi connectivity index (χ3n) is 0. The van der Waals surface area contributed by atoms with Gasteiger partial charge in [-0.25, -0.2) is 0 Å². The minimum Gasteiger partial charge on any atom is -0.368 e. The van der Waals surface area contributed by atoms with Gasteiger partial charge in [0, 0.05) is 60.0 Å². The van der Waals surface area contributed by atoms with E-state index in [9.17, 15) is 0 Å². The molecule has 0 amide bonds. The van der Waals surface area contributed by atoms with Gasteiger partial charge < -0.3 is 19.2 Å². The molecule has 7 heteroatoms. The average Bonchev–Trinajstić information content (AvgIpc) is 0.722. The van der Waals surface area contributed by atoms with Crippen LogP contribution < -0.4 is 0 Å². The standard InChI is InChI=1S/Cd.H4O4Si.Y/c;1-5(2,3)4;/h;1-4H;. The molecule has 0 aromatic rings. The molecule has 0 saturated carbocycles. The summed E-state index contributed by atoms with van der Waals surface area (Å²) < 4.78 is 0. The predicted molar refractivity (Wildman–Crippen MR) is 14.6 cm³/mol. The van der Waals surface area contributed by atoms with Gasteiger partial charge in [0.15, 0.2) is 0 Å². The fourth-order valence-electron chi connectivity index (χ4n) is 0. The Morgan fingerprint density at radius 3 is 0.857 bits per heavy atom. The van der Waals surface area contributed by atoms with Crippen molar-refractivity contribution in [1.29, 1.82) is 0 Å². The van der Waals surface area contributed by atoms with Crippen molar-refractivity contribution < 1.29 is 79.2 Å². The fraction of sp³-hybridized carbons (Fsp3) is 0. The zero-order valence-electron chi connectivity index (χ0n) is 3.57. The van der Waals surface area contributed by atoms with Crippen molar-refractivity contribution in [1.82, 2.24) is 0 Å². The molecule has 0 unspecified atom stereocenters. The molecule has 7 heavy (non-hydrogen) atoms. The third-order valence-corrected chi connectivity index (χ3v) is 0. The van der Waals surface area contributed by atoms with Crippen LogP contribution in [0.3, 0.4) is 0 Å². The van der Waals surface area contributed by atoms with E-state index in [1.807, 2.05) is 0 Å². The van der Waals surface area contributed by atoms with Gasteiger partial charge in [0.2, 0.25) is 0 Å². The van der Waals surface area contributed by atoms with Crippen molar-refractivity contribution >= 4 is 9.05 Å². The van der Waals surface area contributed by atoms with Crippen molar-refractivity contribution in [3.63, 3.8) is 0 Å². The molecule has 0 fully saturated rings. The molecule has 0 spiro atoms. The van der Waals surface area contributed by atoms with Crippen LogP contribution in [0, 0.1) is 0 Å². The summed E-state index contributed by atoms with van der Waals surface area (Å²) in [5.41, 5.74) is 0. The Labute approximate surface area is 87.1 Å². The van der Waals surface area contributed by atoms with E-state index in [-0.39, 0.29) is 60.0 Å². The molecule has 0 atom stereocenters. The summed E-state index contributed by atoms with van der Waals surface area (Å²) in [5, 5.41) is 0. The van der Waals surface area contributed by atoms with E-state index in [0.717, 1.165) is 0 Å². The van der Waals surface area contributed by atoms with E-state index in [1.54, 1.807) is 0 Å². The quantitative estimate of drug-likeness (QED) is 0.369. The van der Waals surface area contributed by atoms with Crippen molar-refractivity contribution in [2.45, 2.75) is 0 Å². The molecule has 1 radical (unpaired) electrons. The monoisotopic (exact) mass is 299 g/mol.